The van der Waals surface area contributed by atoms with Crippen LogP contribution in [0.2, 0.25) is 0 Å². The van der Waals surface area contributed by atoms with E-state index in [1.54, 1.807) is 4.90 Å². The van der Waals surface area contributed by atoms with Gasteiger partial charge in [0.2, 0.25) is 0 Å². The summed E-state index contributed by atoms with van der Waals surface area (Å²) in [5.41, 5.74) is 0. The smallest absolute Gasteiger partial charge is 0.298 e. The van der Waals surface area contributed by atoms with E-state index in [9.17, 15) is 4.79 Å². The molecule has 0 aromatic carbocycles. The van der Waals surface area contributed by atoms with Crippen molar-refractivity contribution < 1.29 is 9.90 Å². The second-order valence-corrected chi connectivity index (χ2v) is 3.33. The molecule has 1 N–H and O–H groups in total. The third-order valence-corrected chi connectivity index (χ3v) is 2.47. The highest BCUT2D eigenvalue weighted by Gasteiger charge is 2.23. The zero-order valence-electron chi connectivity index (χ0n) is 7.70. The van der Waals surface area contributed by atoms with Gasteiger partial charge in [0.1, 0.15) is 0 Å². The predicted octanol–water partition coefficient (Wildman–Crippen LogP) is 0.383. The number of hydrogen-bond donors (Lipinski definition) is 1. The van der Waals surface area contributed by atoms with E-state index >= 15 is 0 Å². The molecular formula is C10H15NO2. The predicted molar refractivity (Wildman–Crippen MR) is 49.9 cm³/mol. The molecule has 0 spiro atoms. The average molecular weight is 181 g/mol. The van der Waals surface area contributed by atoms with Crippen LogP contribution in [-0.2, 0) is 4.79 Å². The normalized spacial score (nSPS) is 23.4. The van der Waals surface area contributed by atoms with Crippen molar-refractivity contribution in [2.75, 3.05) is 13.2 Å². The molecule has 3 heteroatoms. The Bertz CT molecular complexity index is 219. The fourth-order valence-corrected chi connectivity index (χ4v) is 1.72. The van der Waals surface area contributed by atoms with E-state index in [0.717, 1.165) is 25.7 Å². The maximum Gasteiger partial charge on any atom is 0.298 e. The van der Waals surface area contributed by atoms with E-state index in [-0.39, 0.29) is 18.6 Å². The Morgan fingerprint density at radius 1 is 1.54 bits per heavy atom. The van der Waals surface area contributed by atoms with Crippen LogP contribution >= 0.6 is 0 Å². The Labute approximate surface area is 78.7 Å². The van der Waals surface area contributed by atoms with Gasteiger partial charge in [-0.3, -0.25) is 4.79 Å². The number of carbonyl (C=O) groups excluding carboxylic acids is 1. The standard InChI is InChI=1S/C10H15NO2/c1-2-10(13)11-7-5-3-4-6-9(11)8-12/h1,9,12H,3-8H2. The van der Waals surface area contributed by atoms with Gasteiger partial charge in [0.25, 0.3) is 5.91 Å². The Kier molecular flexibility index (Phi) is 3.78. The Balaban J connectivity index is 2.65. The van der Waals surface area contributed by atoms with Gasteiger partial charge in [-0.2, -0.15) is 0 Å². The van der Waals surface area contributed by atoms with Gasteiger partial charge in [-0.15, -0.1) is 6.42 Å². The van der Waals surface area contributed by atoms with Gasteiger partial charge in [0.15, 0.2) is 0 Å². The van der Waals surface area contributed by atoms with Gasteiger partial charge in [-0.1, -0.05) is 12.8 Å². The van der Waals surface area contributed by atoms with Crippen LogP contribution < -0.4 is 0 Å². The highest BCUT2D eigenvalue weighted by molar-refractivity contribution is 5.93. The summed E-state index contributed by atoms with van der Waals surface area (Å²) >= 11 is 0. The van der Waals surface area contributed by atoms with E-state index in [4.69, 9.17) is 11.5 Å². The fraction of sp³-hybridized carbons (Fsp3) is 0.700. The molecule has 0 aromatic heterocycles. The van der Waals surface area contributed by atoms with Crippen molar-refractivity contribution in [3.05, 3.63) is 0 Å². The molecule has 1 amide bonds. The molecular weight excluding hydrogens is 166 g/mol. The maximum absolute atomic E-state index is 11.3. The number of carbonyl (C=O) groups is 1. The highest BCUT2D eigenvalue weighted by Crippen LogP contribution is 2.16. The number of nitrogens with zero attached hydrogens (tertiary/aromatic N) is 1. The quantitative estimate of drug-likeness (QED) is 0.594. The van der Waals surface area contributed by atoms with Crippen molar-refractivity contribution in [3.63, 3.8) is 0 Å². The minimum absolute atomic E-state index is 0.0212. The summed E-state index contributed by atoms with van der Waals surface area (Å²) in [5, 5.41) is 9.07. The molecule has 0 bridgehead atoms. The first kappa shape index (κ1) is 10.1. The summed E-state index contributed by atoms with van der Waals surface area (Å²) in [5.74, 6) is 1.81. The van der Waals surface area contributed by atoms with Crippen LogP contribution in [0, 0.1) is 12.3 Å². The number of aliphatic hydroxyl groups is 1. The van der Waals surface area contributed by atoms with Crippen LogP contribution in [0.4, 0.5) is 0 Å². The van der Waals surface area contributed by atoms with Crippen LogP contribution in [0.15, 0.2) is 0 Å². The summed E-state index contributed by atoms with van der Waals surface area (Å²) in [6.45, 7) is 0.710. The lowest BCUT2D eigenvalue weighted by Crippen LogP contribution is -2.41. The van der Waals surface area contributed by atoms with Crippen molar-refractivity contribution >= 4 is 5.91 Å². The Morgan fingerprint density at radius 2 is 2.31 bits per heavy atom. The van der Waals surface area contributed by atoms with Crippen molar-refractivity contribution in [1.29, 1.82) is 0 Å². The molecule has 72 valence electrons. The molecule has 0 aromatic rings. The van der Waals surface area contributed by atoms with E-state index in [0.29, 0.717) is 6.54 Å². The Morgan fingerprint density at radius 3 is 2.92 bits per heavy atom. The lowest BCUT2D eigenvalue weighted by molar-refractivity contribution is -0.128. The molecule has 1 aliphatic heterocycles. The molecule has 1 fully saturated rings. The van der Waals surface area contributed by atoms with E-state index in [1.165, 1.54) is 0 Å². The van der Waals surface area contributed by atoms with Crippen molar-refractivity contribution in [2.45, 2.75) is 31.7 Å². The third kappa shape index (κ3) is 2.46. The second kappa shape index (κ2) is 4.88. The molecule has 3 nitrogen and oxygen atoms in total. The van der Waals surface area contributed by atoms with Gasteiger partial charge in [0, 0.05) is 6.54 Å². The molecule has 1 rings (SSSR count). The van der Waals surface area contributed by atoms with Crippen molar-refractivity contribution in [3.8, 4) is 12.3 Å². The lowest BCUT2D eigenvalue weighted by Gasteiger charge is -2.26. The molecule has 1 heterocycles. The number of aliphatic hydroxyl groups excluding tert-OH is 1. The first-order valence-electron chi connectivity index (χ1n) is 4.67. The molecule has 1 atom stereocenters. The second-order valence-electron chi connectivity index (χ2n) is 3.33. The highest BCUT2D eigenvalue weighted by atomic mass is 16.3. The van der Waals surface area contributed by atoms with Crippen LogP contribution in [-0.4, -0.2) is 35.1 Å². The summed E-state index contributed by atoms with van der Waals surface area (Å²) in [6, 6.07) is -0.0638. The zero-order valence-corrected chi connectivity index (χ0v) is 7.70. The summed E-state index contributed by atoms with van der Waals surface area (Å²) in [6.07, 6.45) is 9.09. The van der Waals surface area contributed by atoms with Gasteiger partial charge in [-0.25, -0.2) is 0 Å². The third-order valence-electron chi connectivity index (χ3n) is 2.47. The lowest BCUT2D eigenvalue weighted by atomic mass is 10.1. The van der Waals surface area contributed by atoms with Crippen LogP contribution in [0.5, 0.6) is 0 Å². The number of likely N-dealkylation sites (tertiary alicyclic amines) is 1. The molecule has 1 unspecified atom stereocenters. The number of amides is 1. The Hall–Kier alpha value is -1.01. The maximum atomic E-state index is 11.3. The molecule has 0 saturated carbocycles. The van der Waals surface area contributed by atoms with Crippen molar-refractivity contribution in [2.24, 2.45) is 0 Å². The molecule has 0 radical (unpaired) electrons. The van der Waals surface area contributed by atoms with Gasteiger partial charge in [0.05, 0.1) is 12.6 Å². The molecule has 1 aliphatic rings. The van der Waals surface area contributed by atoms with Crippen LogP contribution in [0.3, 0.4) is 0 Å². The topological polar surface area (TPSA) is 40.5 Å². The summed E-state index contributed by atoms with van der Waals surface area (Å²) in [4.78, 5) is 12.9. The van der Waals surface area contributed by atoms with Gasteiger partial charge in [-0.05, 0) is 18.8 Å². The minimum atomic E-state index is -0.291. The first-order valence-corrected chi connectivity index (χ1v) is 4.67. The van der Waals surface area contributed by atoms with Crippen LogP contribution in [0.1, 0.15) is 25.7 Å². The fourth-order valence-electron chi connectivity index (χ4n) is 1.72. The van der Waals surface area contributed by atoms with Crippen molar-refractivity contribution in [1.82, 2.24) is 4.90 Å². The molecule has 13 heavy (non-hydrogen) atoms. The van der Waals surface area contributed by atoms with E-state index < -0.39 is 0 Å². The van der Waals surface area contributed by atoms with E-state index in [2.05, 4.69) is 5.92 Å². The zero-order chi connectivity index (χ0) is 9.68. The van der Waals surface area contributed by atoms with E-state index in [1.807, 2.05) is 0 Å². The summed E-state index contributed by atoms with van der Waals surface area (Å²) < 4.78 is 0. The number of terminal acetylenes is 1. The monoisotopic (exact) mass is 181 g/mol. The SMILES string of the molecule is C#CC(=O)N1CCCCCC1CO. The largest absolute Gasteiger partial charge is 0.394 e. The summed E-state index contributed by atoms with van der Waals surface area (Å²) in [7, 11) is 0. The van der Waals surface area contributed by atoms with Gasteiger partial charge < -0.3 is 10.0 Å². The average Bonchev–Trinajstić information content (AvgIpc) is 2.41. The minimum Gasteiger partial charge on any atom is -0.394 e. The van der Waals surface area contributed by atoms with Crippen LogP contribution in [0.25, 0.3) is 0 Å². The number of hydrogen-bond acceptors (Lipinski definition) is 2. The molecule has 0 aliphatic carbocycles. The first-order chi connectivity index (χ1) is 6.29. The molecule has 1 saturated heterocycles. The number of rotatable bonds is 1. The van der Waals surface area contributed by atoms with Gasteiger partial charge >= 0.3 is 0 Å².